The van der Waals surface area contributed by atoms with E-state index in [9.17, 15) is 14.3 Å². The van der Waals surface area contributed by atoms with Crippen molar-refractivity contribution in [3.8, 4) is 11.5 Å². The number of rotatable bonds is 3. The summed E-state index contributed by atoms with van der Waals surface area (Å²) in [5.41, 5.74) is 0. The average molecular weight is 227 g/mol. The summed E-state index contributed by atoms with van der Waals surface area (Å²) in [7, 11) is 0. The van der Waals surface area contributed by atoms with Gasteiger partial charge in [0, 0.05) is 13.1 Å². The molecule has 0 aliphatic heterocycles. The zero-order valence-corrected chi connectivity index (χ0v) is 9.24. The highest BCUT2D eigenvalue weighted by molar-refractivity contribution is 5.71. The first-order chi connectivity index (χ1) is 7.60. The molecule has 0 heterocycles. The van der Waals surface area contributed by atoms with Gasteiger partial charge in [0.05, 0.1) is 0 Å². The van der Waals surface area contributed by atoms with E-state index < -0.39 is 17.7 Å². The van der Waals surface area contributed by atoms with E-state index in [4.69, 9.17) is 4.74 Å². The predicted molar refractivity (Wildman–Crippen MR) is 57.0 cm³/mol. The second-order valence-electron chi connectivity index (χ2n) is 3.13. The molecule has 0 saturated carbocycles. The normalized spacial score (nSPS) is 9.94. The lowest BCUT2D eigenvalue weighted by atomic mass is 10.3. The Bertz CT molecular complexity index is 357. The van der Waals surface area contributed by atoms with Gasteiger partial charge in [-0.1, -0.05) is 6.07 Å². The fourth-order valence-corrected chi connectivity index (χ4v) is 1.23. The second kappa shape index (κ2) is 5.34. The lowest BCUT2D eigenvalue weighted by Crippen LogP contribution is -2.33. The standard InChI is InChI=1S/C11H14FNO3/c1-3-13(4-2)11(15)16-10-8(12)6-5-7-9(10)14/h5-7,14H,3-4H2,1-2H3. The van der Waals surface area contributed by atoms with Crippen LogP contribution < -0.4 is 4.74 Å². The zero-order valence-electron chi connectivity index (χ0n) is 9.24. The third kappa shape index (κ3) is 2.62. The highest BCUT2D eigenvalue weighted by atomic mass is 19.1. The van der Waals surface area contributed by atoms with Crippen molar-refractivity contribution >= 4 is 6.09 Å². The molecule has 1 aromatic rings. The number of nitrogens with zero attached hydrogens (tertiary/aromatic N) is 1. The van der Waals surface area contributed by atoms with E-state index in [0.29, 0.717) is 13.1 Å². The van der Waals surface area contributed by atoms with Gasteiger partial charge in [-0.25, -0.2) is 9.18 Å². The van der Waals surface area contributed by atoms with Crippen molar-refractivity contribution in [1.29, 1.82) is 0 Å². The van der Waals surface area contributed by atoms with Gasteiger partial charge in [-0.05, 0) is 26.0 Å². The molecule has 0 aliphatic carbocycles. The SMILES string of the molecule is CCN(CC)C(=O)Oc1c(O)cccc1F. The predicted octanol–water partition coefficient (Wildman–Crippen LogP) is 2.37. The maximum absolute atomic E-state index is 13.2. The number of phenols is 1. The Kier molecular flexibility index (Phi) is 4.10. The van der Waals surface area contributed by atoms with E-state index in [-0.39, 0.29) is 5.75 Å². The van der Waals surface area contributed by atoms with Gasteiger partial charge >= 0.3 is 6.09 Å². The Morgan fingerprint density at radius 2 is 2.06 bits per heavy atom. The van der Waals surface area contributed by atoms with Gasteiger partial charge in [0.2, 0.25) is 5.75 Å². The maximum atomic E-state index is 13.2. The maximum Gasteiger partial charge on any atom is 0.415 e. The number of carbonyl (C=O) groups excluding carboxylic acids is 1. The van der Waals surface area contributed by atoms with Crippen LogP contribution in [0.3, 0.4) is 0 Å². The minimum Gasteiger partial charge on any atom is -0.504 e. The van der Waals surface area contributed by atoms with Crippen LogP contribution in [0.1, 0.15) is 13.8 Å². The van der Waals surface area contributed by atoms with Crippen LogP contribution in [0.25, 0.3) is 0 Å². The molecule has 0 saturated heterocycles. The number of benzene rings is 1. The van der Waals surface area contributed by atoms with Gasteiger partial charge < -0.3 is 14.7 Å². The molecule has 0 spiro atoms. The highest BCUT2D eigenvalue weighted by Gasteiger charge is 2.17. The second-order valence-corrected chi connectivity index (χ2v) is 3.13. The summed E-state index contributed by atoms with van der Waals surface area (Å²) < 4.78 is 18.0. The first-order valence-electron chi connectivity index (χ1n) is 5.04. The molecular formula is C11H14FNO3. The number of aromatic hydroxyl groups is 1. The molecule has 16 heavy (non-hydrogen) atoms. The zero-order chi connectivity index (χ0) is 12.1. The Balaban J connectivity index is 2.84. The van der Waals surface area contributed by atoms with E-state index >= 15 is 0 Å². The number of carbonyl (C=O) groups is 1. The van der Waals surface area contributed by atoms with Crippen molar-refractivity contribution in [2.24, 2.45) is 0 Å². The summed E-state index contributed by atoms with van der Waals surface area (Å²) in [5, 5.41) is 9.33. The van der Waals surface area contributed by atoms with Crippen LogP contribution >= 0.6 is 0 Å². The van der Waals surface area contributed by atoms with Gasteiger partial charge in [0.25, 0.3) is 0 Å². The largest absolute Gasteiger partial charge is 0.504 e. The lowest BCUT2D eigenvalue weighted by molar-refractivity contribution is 0.153. The minimum absolute atomic E-state index is 0.388. The third-order valence-corrected chi connectivity index (χ3v) is 2.16. The average Bonchev–Trinajstić information content (AvgIpc) is 2.25. The third-order valence-electron chi connectivity index (χ3n) is 2.16. The molecule has 4 nitrogen and oxygen atoms in total. The molecule has 88 valence electrons. The molecule has 1 N–H and O–H groups in total. The summed E-state index contributed by atoms with van der Waals surface area (Å²) in [6.07, 6.45) is -0.676. The molecule has 0 fully saturated rings. The number of hydrogen-bond donors (Lipinski definition) is 1. The molecule has 1 amide bonds. The summed E-state index contributed by atoms with van der Waals surface area (Å²) in [6.45, 7) is 4.49. The Morgan fingerprint density at radius 1 is 1.44 bits per heavy atom. The molecular weight excluding hydrogens is 213 g/mol. The summed E-state index contributed by atoms with van der Waals surface area (Å²) in [6, 6.07) is 3.71. The molecule has 0 aromatic heterocycles. The van der Waals surface area contributed by atoms with Crippen molar-refractivity contribution in [3.63, 3.8) is 0 Å². The molecule has 1 aromatic carbocycles. The van der Waals surface area contributed by atoms with E-state index in [1.165, 1.54) is 17.0 Å². The van der Waals surface area contributed by atoms with Gasteiger partial charge in [0.15, 0.2) is 11.6 Å². The number of halogens is 1. The molecule has 0 radical (unpaired) electrons. The number of para-hydroxylation sites is 1. The first kappa shape index (κ1) is 12.3. The van der Waals surface area contributed by atoms with Gasteiger partial charge in [-0.3, -0.25) is 0 Å². The van der Waals surface area contributed by atoms with Crippen molar-refractivity contribution < 1.29 is 19.0 Å². The first-order valence-corrected chi connectivity index (χ1v) is 5.04. The monoisotopic (exact) mass is 227 g/mol. The van der Waals surface area contributed by atoms with E-state index in [0.717, 1.165) is 6.07 Å². The van der Waals surface area contributed by atoms with Crippen LogP contribution in [0.2, 0.25) is 0 Å². The van der Waals surface area contributed by atoms with Crippen molar-refractivity contribution in [1.82, 2.24) is 4.90 Å². The molecule has 0 bridgehead atoms. The van der Waals surface area contributed by atoms with Crippen LogP contribution in [0.4, 0.5) is 9.18 Å². The van der Waals surface area contributed by atoms with Crippen LogP contribution in [0.15, 0.2) is 18.2 Å². The van der Waals surface area contributed by atoms with Crippen LogP contribution in [-0.2, 0) is 0 Å². The number of hydrogen-bond acceptors (Lipinski definition) is 3. The van der Waals surface area contributed by atoms with Gasteiger partial charge in [-0.2, -0.15) is 0 Å². The fraction of sp³-hybridized carbons (Fsp3) is 0.364. The van der Waals surface area contributed by atoms with Crippen molar-refractivity contribution in [3.05, 3.63) is 24.0 Å². The van der Waals surface area contributed by atoms with Crippen molar-refractivity contribution in [2.75, 3.05) is 13.1 Å². The molecule has 0 atom stereocenters. The van der Waals surface area contributed by atoms with Gasteiger partial charge in [0.1, 0.15) is 0 Å². The van der Waals surface area contributed by atoms with Crippen LogP contribution in [-0.4, -0.2) is 29.2 Å². The molecule has 0 unspecified atom stereocenters. The smallest absolute Gasteiger partial charge is 0.415 e. The Hall–Kier alpha value is -1.78. The molecule has 1 rings (SSSR count). The van der Waals surface area contributed by atoms with E-state index in [2.05, 4.69) is 0 Å². The van der Waals surface area contributed by atoms with Crippen LogP contribution in [0, 0.1) is 5.82 Å². The molecule has 5 heteroatoms. The Labute approximate surface area is 93.3 Å². The highest BCUT2D eigenvalue weighted by Crippen LogP contribution is 2.28. The van der Waals surface area contributed by atoms with Crippen molar-refractivity contribution in [2.45, 2.75) is 13.8 Å². The number of amides is 1. The topological polar surface area (TPSA) is 49.8 Å². The fourth-order valence-electron chi connectivity index (χ4n) is 1.23. The Morgan fingerprint density at radius 3 is 2.56 bits per heavy atom. The quantitative estimate of drug-likeness (QED) is 0.862. The summed E-state index contributed by atoms with van der Waals surface area (Å²) in [4.78, 5) is 12.9. The minimum atomic E-state index is -0.763. The van der Waals surface area contributed by atoms with E-state index in [1.54, 1.807) is 13.8 Å². The van der Waals surface area contributed by atoms with Gasteiger partial charge in [-0.15, -0.1) is 0 Å². The number of phenolic OH excluding ortho intramolecular Hbond substituents is 1. The van der Waals surface area contributed by atoms with Crippen LogP contribution in [0.5, 0.6) is 11.5 Å². The lowest BCUT2D eigenvalue weighted by Gasteiger charge is -2.18. The summed E-state index contributed by atoms with van der Waals surface area (Å²) >= 11 is 0. The van der Waals surface area contributed by atoms with E-state index in [1.807, 2.05) is 0 Å². The number of ether oxygens (including phenoxy) is 1. The molecule has 0 aliphatic rings. The summed E-state index contributed by atoms with van der Waals surface area (Å²) in [5.74, 6) is -1.58.